The minimum absolute atomic E-state index is 0.190. The Morgan fingerprint density at radius 3 is 2.82 bits per heavy atom. The van der Waals surface area contributed by atoms with E-state index in [2.05, 4.69) is 45.4 Å². The van der Waals surface area contributed by atoms with Gasteiger partial charge in [-0.15, -0.1) is 0 Å². The van der Waals surface area contributed by atoms with Crippen molar-refractivity contribution in [2.45, 2.75) is 26.5 Å². The highest BCUT2D eigenvalue weighted by atomic mass is 79.9. The first kappa shape index (κ1) is 12.2. The number of rotatable bonds is 4. The molecule has 2 aromatic rings. The fraction of sp³-hybridized carbons (Fsp3) is 0.286. The Balaban J connectivity index is 2.45. The van der Waals surface area contributed by atoms with Gasteiger partial charge < -0.3 is 9.30 Å². The van der Waals surface area contributed by atoms with Gasteiger partial charge in [0, 0.05) is 16.1 Å². The third-order valence-corrected chi connectivity index (χ3v) is 2.73. The number of allylic oxidation sites excluding steroid dienone is 1. The summed E-state index contributed by atoms with van der Waals surface area (Å²) in [6, 6.07) is 8.21. The van der Waals surface area contributed by atoms with Crippen molar-refractivity contribution in [2.75, 3.05) is 0 Å². The topological polar surface area (TPSA) is 14.2 Å². The molecule has 0 amide bonds. The second-order valence-corrected chi connectivity index (χ2v) is 5.44. The lowest BCUT2D eigenvalue weighted by molar-refractivity contribution is 0.245. The highest BCUT2D eigenvalue weighted by Crippen LogP contribution is 2.28. The van der Waals surface area contributed by atoms with E-state index < -0.39 is 0 Å². The molecule has 0 bridgehead atoms. The van der Waals surface area contributed by atoms with E-state index in [4.69, 9.17) is 4.74 Å². The predicted octanol–water partition coefficient (Wildman–Crippen LogP) is 4.34. The van der Waals surface area contributed by atoms with Gasteiger partial charge in [-0.3, -0.25) is 0 Å². The number of fused-ring (bicyclic) bond motifs is 1. The van der Waals surface area contributed by atoms with Crippen molar-refractivity contribution in [1.29, 1.82) is 0 Å². The van der Waals surface area contributed by atoms with Crippen LogP contribution >= 0.6 is 15.9 Å². The molecule has 0 N–H and O–H groups in total. The highest BCUT2D eigenvalue weighted by molar-refractivity contribution is 9.11. The molecule has 3 heteroatoms. The molecule has 2 nitrogen and oxygen atoms in total. The van der Waals surface area contributed by atoms with E-state index in [-0.39, 0.29) is 6.10 Å². The van der Waals surface area contributed by atoms with Gasteiger partial charge >= 0.3 is 0 Å². The van der Waals surface area contributed by atoms with Crippen molar-refractivity contribution in [2.24, 2.45) is 0 Å². The van der Waals surface area contributed by atoms with Crippen molar-refractivity contribution < 1.29 is 4.74 Å². The predicted molar refractivity (Wildman–Crippen MR) is 75.8 cm³/mol. The lowest BCUT2D eigenvalue weighted by Gasteiger charge is -2.11. The van der Waals surface area contributed by atoms with Gasteiger partial charge in [0.25, 0.3) is 0 Å². The van der Waals surface area contributed by atoms with Crippen LogP contribution in [0.15, 0.2) is 41.5 Å². The van der Waals surface area contributed by atoms with Crippen LogP contribution in [0.2, 0.25) is 0 Å². The van der Waals surface area contributed by atoms with Gasteiger partial charge in [-0.1, -0.05) is 28.6 Å². The number of ether oxygens (including phenoxy) is 1. The smallest absolute Gasteiger partial charge is 0.129 e. The normalized spacial score (nSPS) is 11.1. The second-order valence-electron chi connectivity index (χ2n) is 4.32. The zero-order valence-electron chi connectivity index (χ0n) is 10.1. The Morgan fingerprint density at radius 2 is 2.18 bits per heavy atom. The first-order chi connectivity index (χ1) is 8.08. The zero-order valence-corrected chi connectivity index (χ0v) is 11.7. The van der Waals surface area contributed by atoms with Gasteiger partial charge in [-0.2, -0.15) is 0 Å². The molecule has 2 rings (SSSR count). The van der Waals surface area contributed by atoms with Crippen molar-refractivity contribution in [1.82, 2.24) is 4.57 Å². The fourth-order valence-electron chi connectivity index (χ4n) is 1.87. The molecular weight excluding hydrogens is 278 g/mol. The maximum Gasteiger partial charge on any atom is 0.129 e. The molecule has 0 spiro atoms. The summed E-state index contributed by atoms with van der Waals surface area (Å²) in [5, 5.41) is 1.15. The van der Waals surface area contributed by atoms with Crippen molar-refractivity contribution in [3.63, 3.8) is 0 Å². The molecule has 1 aromatic heterocycles. The molecule has 1 heterocycles. The van der Waals surface area contributed by atoms with Crippen LogP contribution in [0.1, 0.15) is 13.8 Å². The number of hydrogen-bond acceptors (Lipinski definition) is 1. The molecule has 0 saturated heterocycles. The standard InChI is InChI=1S/C14H16BrNO/c1-10(2)17-14-6-4-5-13-12(14)7-8-16(13)9-11(3)15/h4-8,10H,3,9H2,1-2H3. The largest absolute Gasteiger partial charge is 0.490 e. The lowest BCUT2D eigenvalue weighted by atomic mass is 10.2. The van der Waals surface area contributed by atoms with Crippen LogP contribution in [-0.4, -0.2) is 10.7 Å². The second kappa shape index (κ2) is 4.96. The van der Waals surface area contributed by atoms with E-state index in [1.54, 1.807) is 0 Å². The molecule has 0 unspecified atom stereocenters. The van der Waals surface area contributed by atoms with Crippen molar-refractivity contribution in [3.8, 4) is 5.75 Å². The maximum absolute atomic E-state index is 5.80. The highest BCUT2D eigenvalue weighted by Gasteiger charge is 2.07. The van der Waals surface area contributed by atoms with E-state index >= 15 is 0 Å². The first-order valence-electron chi connectivity index (χ1n) is 5.65. The van der Waals surface area contributed by atoms with Crippen LogP contribution < -0.4 is 4.74 Å². The summed E-state index contributed by atoms with van der Waals surface area (Å²) in [5.41, 5.74) is 1.17. The summed E-state index contributed by atoms with van der Waals surface area (Å²) >= 11 is 3.39. The van der Waals surface area contributed by atoms with Crippen LogP contribution in [0.25, 0.3) is 10.9 Å². The Hall–Kier alpha value is -1.22. The molecule has 0 fully saturated rings. The van der Waals surface area contributed by atoms with Crippen LogP contribution in [0, 0.1) is 0 Å². The Kier molecular flexibility index (Phi) is 3.57. The fourth-order valence-corrected chi connectivity index (χ4v) is 2.14. The number of nitrogens with zero attached hydrogens (tertiary/aromatic N) is 1. The first-order valence-corrected chi connectivity index (χ1v) is 6.45. The molecule has 90 valence electrons. The Morgan fingerprint density at radius 1 is 1.41 bits per heavy atom. The van der Waals surface area contributed by atoms with Gasteiger partial charge in [0.05, 0.1) is 18.2 Å². The van der Waals surface area contributed by atoms with Gasteiger partial charge in [0.15, 0.2) is 0 Å². The van der Waals surface area contributed by atoms with E-state index in [0.717, 1.165) is 22.2 Å². The third-order valence-electron chi connectivity index (χ3n) is 2.48. The number of halogens is 1. The van der Waals surface area contributed by atoms with Gasteiger partial charge in [-0.25, -0.2) is 0 Å². The molecule has 0 atom stereocenters. The van der Waals surface area contributed by atoms with Gasteiger partial charge in [0.1, 0.15) is 5.75 Å². The minimum atomic E-state index is 0.190. The summed E-state index contributed by atoms with van der Waals surface area (Å²) in [7, 11) is 0. The average molecular weight is 294 g/mol. The molecule has 0 radical (unpaired) electrons. The molecule has 17 heavy (non-hydrogen) atoms. The van der Waals surface area contributed by atoms with Crippen LogP contribution in [0.5, 0.6) is 5.75 Å². The zero-order chi connectivity index (χ0) is 12.4. The number of benzene rings is 1. The summed E-state index contributed by atoms with van der Waals surface area (Å²) in [5.74, 6) is 0.941. The molecule has 0 aliphatic heterocycles. The number of aromatic nitrogens is 1. The van der Waals surface area contributed by atoms with E-state index in [0.29, 0.717) is 0 Å². The summed E-state index contributed by atoms with van der Waals surface area (Å²) in [6.07, 6.45) is 2.25. The maximum atomic E-state index is 5.80. The van der Waals surface area contributed by atoms with E-state index in [9.17, 15) is 0 Å². The third kappa shape index (κ3) is 2.72. The number of hydrogen-bond donors (Lipinski definition) is 0. The summed E-state index contributed by atoms with van der Waals surface area (Å²) in [6.45, 7) is 8.72. The summed E-state index contributed by atoms with van der Waals surface area (Å²) in [4.78, 5) is 0. The molecule has 0 aliphatic rings. The lowest BCUT2D eigenvalue weighted by Crippen LogP contribution is -2.05. The van der Waals surface area contributed by atoms with Gasteiger partial charge in [0.2, 0.25) is 0 Å². The van der Waals surface area contributed by atoms with Crippen LogP contribution in [0.4, 0.5) is 0 Å². The Labute approximate surface area is 110 Å². The Bertz CT molecular complexity index is 542. The molecule has 0 aliphatic carbocycles. The molecular formula is C14H16BrNO. The van der Waals surface area contributed by atoms with Crippen LogP contribution in [0.3, 0.4) is 0 Å². The van der Waals surface area contributed by atoms with Crippen molar-refractivity contribution in [3.05, 3.63) is 41.5 Å². The quantitative estimate of drug-likeness (QED) is 0.818. The van der Waals surface area contributed by atoms with E-state index in [1.165, 1.54) is 5.52 Å². The van der Waals surface area contributed by atoms with Crippen molar-refractivity contribution >= 4 is 26.8 Å². The van der Waals surface area contributed by atoms with Gasteiger partial charge in [-0.05, 0) is 32.0 Å². The van der Waals surface area contributed by atoms with Crippen LogP contribution in [-0.2, 0) is 6.54 Å². The minimum Gasteiger partial charge on any atom is -0.490 e. The average Bonchev–Trinajstić information content (AvgIpc) is 2.61. The molecule has 0 saturated carbocycles. The summed E-state index contributed by atoms with van der Waals surface area (Å²) < 4.78 is 8.91. The van der Waals surface area contributed by atoms with E-state index in [1.807, 2.05) is 26.0 Å². The molecule has 1 aromatic carbocycles. The SMILES string of the molecule is C=C(Br)Cn1ccc2c(OC(C)C)cccc21. The monoisotopic (exact) mass is 293 g/mol.